The lowest BCUT2D eigenvalue weighted by Crippen LogP contribution is -2.29. The number of nitrogens with one attached hydrogen (secondary N) is 1. The number of carbonyl (C=O) groups excluding carboxylic acids is 1. The monoisotopic (exact) mass is 356 g/mol. The van der Waals surface area contributed by atoms with Gasteiger partial charge < -0.3 is 5.32 Å². The summed E-state index contributed by atoms with van der Waals surface area (Å²) in [7, 11) is 0. The molecular weight excluding hydrogens is 332 g/mol. The van der Waals surface area contributed by atoms with Crippen LogP contribution in [0.3, 0.4) is 0 Å². The molecule has 1 fully saturated rings. The fourth-order valence-electron chi connectivity index (χ4n) is 3.32. The second-order valence-corrected chi connectivity index (χ2v) is 7.16. The molecule has 0 aliphatic carbocycles. The van der Waals surface area contributed by atoms with Crippen molar-refractivity contribution in [1.82, 2.24) is 10.2 Å². The van der Waals surface area contributed by atoms with Crippen molar-refractivity contribution in [2.24, 2.45) is 0 Å². The highest BCUT2D eigenvalue weighted by atomic mass is 35.5. The predicted molar refractivity (Wildman–Crippen MR) is 103 cm³/mol. The second-order valence-electron chi connectivity index (χ2n) is 6.75. The number of carbonyl (C=O) groups is 1. The van der Waals surface area contributed by atoms with Crippen LogP contribution in [0.4, 0.5) is 0 Å². The SMILES string of the molecule is C[C@@H](NC(=O)c1ccc(CN2CCCCC2)cc1)c1ccccc1Cl. The Kier molecular flexibility index (Phi) is 6.11. The maximum absolute atomic E-state index is 12.5. The van der Waals surface area contributed by atoms with Gasteiger partial charge in [-0.25, -0.2) is 0 Å². The third kappa shape index (κ3) is 4.83. The summed E-state index contributed by atoms with van der Waals surface area (Å²) in [5, 5.41) is 3.69. The van der Waals surface area contributed by atoms with Gasteiger partial charge in [-0.15, -0.1) is 0 Å². The van der Waals surface area contributed by atoms with Gasteiger partial charge in [-0.1, -0.05) is 48.4 Å². The lowest BCUT2D eigenvalue weighted by molar-refractivity contribution is 0.0940. The highest BCUT2D eigenvalue weighted by Crippen LogP contribution is 2.22. The van der Waals surface area contributed by atoms with Crippen LogP contribution in [-0.4, -0.2) is 23.9 Å². The molecule has 0 aromatic heterocycles. The largest absolute Gasteiger partial charge is 0.345 e. The van der Waals surface area contributed by atoms with Gasteiger partial charge in [-0.05, 0) is 62.2 Å². The van der Waals surface area contributed by atoms with Crippen molar-refractivity contribution in [3.05, 3.63) is 70.2 Å². The van der Waals surface area contributed by atoms with E-state index in [0.717, 1.165) is 12.1 Å². The Morgan fingerprint density at radius 1 is 1.08 bits per heavy atom. The lowest BCUT2D eigenvalue weighted by atomic mass is 10.1. The normalized spacial score (nSPS) is 16.4. The van der Waals surface area contributed by atoms with Gasteiger partial charge in [-0.3, -0.25) is 9.69 Å². The van der Waals surface area contributed by atoms with Crippen LogP contribution < -0.4 is 5.32 Å². The van der Waals surface area contributed by atoms with Gasteiger partial charge in [0, 0.05) is 17.1 Å². The summed E-state index contributed by atoms with van der Waals surface area (Å²) < 4.78 is 0. The van der Waals surface area contributed by atoms with Crippen LogP contribution in [0.5, 0.6) is 0 Å². The number of hydrogen-bond donors (Lipinski definition) is 1. The van der Waals surface area contributed by atoms with E-state index in [0.29, 0.717) is 10.6 Å². The van der Waals surface area contributed by atoms with Crippen LogP contribution in [0.2, 0.25) is 5.02 Å². The number of benzene rings is 2. The number of hydrogen-bond acceptors (Lipinski definition) is 2. The number of piperidine rings is 1. The van der Waals surface area contributed by atoms with Crippen LogP contribution in [0.25, 0.3) is 0 Å². The Labute approximate surface area is 155 Å². The third-order valence-corrected chi connectivity index (χ3v) is 5.13. The zero-order valence-electron chi connectivity index (χ0n) is 14.7. The van der Waals surface area contributed by atoms with Crippen molar-refractivity contribution in [2.75, 3.05) is 13.1 Å². The van der Waals surface area contributed by atoms with Crippen LogP contribution in [0.1, 0.15) is 53.7 Å². The molecule has 0 bridgehead atoms. The van der Waals surface area contributed by atoms with E-state index in [2.05, 4.69) is 22.3 Å². The third-order valence-electron chi connectivity index (χ3n) is 4.79. The first-order chi connectivity index (χ1) is 12.1. The quantitative estimate of drug-likeness (QED) is 0.833. The minimum absolute atomic E-state index is 0.0723. The Morgan fingerprint density at radius 2 is 1.76 bits per heavy atom. The van der Waals surface area contributed by atoms with Gasteiger partial charge in [0.25, 0.3) is 5.91 Å². The highest BCUT2D eigenvalue weighted by Gasteiger charge is 2.14. The summed E-state index contributed by atoms with van der Waals surface area (Å²) >= 11 is 6.21. The highest BCUT2D eigenvalue weighted by molar-refractivity contribution is 6.31. The molecule has 1 aliphatic rings. The summed E-state index contributed by atoms with van der Waals surface area (Å²) in [5.41, 5.74) is 2.87. The summed E-state index contributed by atoms with van der Waals surface area (Å²) in [5.74, 6) is -0.0723. The first kappa shape index (κ1) is 18.0. The number of amides is 1. The average molecular weight is 357 g/mol. The molecule has 1 atom stereocenters. The van der Waals surface area contributed by atoms with Crippen LogP contribution >= 0.6 is 11.6 Å². The van der Waals surface area contributed by atoms with Crippen LogP contribution in [0, 0.1) is 0 Å². The molecule has 0 saturated carbocycles. The van der Waals surface area contributed by atoms with E-state index in [4.69, 9.17) is 11.6 Å². The average Bonchev–Trinajstić information content (AvgIpc) is 2.63. The number of nitrogens with zero attached hydrogens (tertiary/aromatic N) is 1. The molecule has 0 unspecified atom stereocenters. The molecule has 0 radical (unpaired) electrons. The maximum Gasteiger partial charge on any atom is 0.251 e. The standard InChI is InChI=1S/C21H25ClN2O/c1-16(19-7-3-4-8-20(19)22)23-21(25)18-11-9-17(10-12-18)15-24-13-5-2-6-14-24/h3-4,7-12,16H,2,5-6,13-15H2,1H3,(H,23,25)/t16-/m1/s1. The van der Waals surface area contributed by atoms with Crippen molar-refractivity contribution in [3.8, 4) is 0 Å². The van der Waals surface area contributed by atoms with Crippen LogP contribution in [0.15, 0.2) is 48.5 Å². The molecule has 0 spiro atoms. The Bertz CT molecular complexity index is 708. The molecule has 25 heavy (non-hydrogen) atoms. The van der Waals surface area contributed by atoms with E-state index < -0.39 is 0 Å². The minimum atomic E-state index is -0.130. The van der Waals surface area contributed by atoms with E-state index in [9.17, 15) is 4.79 Å². The van der Waals surface area contributed by atoms with Gasteiger partial charge >= 0.3 is 0 Å². The predicted octanol–water partition coefficient (Wildman–Crippen LogP) is 4.82. The topological polar surface area (TPSA) is 32.3 Å². The Hall–Kier alpha value is -1.84. The molecule has 4 heteroatoms. The Balaban J connectivity index is 1.59. The summed E-state index contributed by atoms with van der Waals surface area (Å²) in [6.07, 6.45) is 3.93. The Morgan fingerprint density at radius 3 is 2.44 bits per heavy atom. The number of rotatable bonds is 5. The summed E-state index contributed by atoms with van der Waals surface area (Å²) in [6.45, 7) is 5.27. The molecule has 1 aliphatic heterocycles. The first-order valence-corrected chi connectivity index (χ1v) is 9.38. The number of halogens is 1. The summed E-state index contributed by atoms with van der Waals surface area (Å²) in [6, 6.07) is 15.4. The van der Waals surface area contributed by atoms with Crippen molar-refractivity contribution in [1.29, 1.82) is 0 Å². The number of likely N-dealkylation sites (tertiary alicyclic amines) is 1. The van der Waals surface area contributed by atoms with Crippen molar-refractivity contribution >= 4 is 17.5 Å². The molecular formula is C21H25ClN2O. The van der Waals surface area contributed by atoms with E-state index in [1.54, 1.807) is 0 Å². The molecule has 3 nitrogen and oxygen atoms in total. The zero-order chi connectivity index (χ0) is 17.6. The van der Waals surface area contributed by atoms with Crippen molar-refractivity contribution in [3.63, 3.8) is 0 Å². The molecule has 1 N–H and O–H groups in total. The molecule has 1 heterocycles. The van der Waals surface area contributed by atoms with Gasteiger partial charge in [0.1, 0.15) is 0 Å². The molecule has 132 valence electrons. The van der Waals surface area contributed by atoms with E-state index in [1.165, 1.54) is 37.9 Å². The first-order valence-electron chi connectivity index (χ1n) is 9.00. The van der Waals surface area contributed by atoms with Crippen LogP contribution in [-0.2, 0) is 6.54 Å². The minimum Gasteiger partial charge on any atom is -0.345 e. The van der Waals surface area contributed by atoms with E-state index in [-0.39, 0.29) is 11.9 Å². The van der Waals surface area contributed by atoms with E-state index in [1.807, 2.05) is 43.3 Å². The van der Waals surface area contributed by atoms with Crippen molar-refractivity contribution < 1.29 is 4.79 Å². The smallest absolute Gasteiger partial charge is 0.251 e. The molecule has 2 aromatic carbocycles. The maximum atomic E-state index is 12.5. The van der Waals surface area contributed by atoms with Gasteiger partial charge in [0.2, 0.25) is 0 Å². The molecule has 1 saturated heterocycles. The van der Waals surface area contributed by atoms with Crippen molar-refractivity contribution in [2.45, 2.75) is 38.8 Å². The molecule has 3 rings (SSSR count). The van der Waals surface area contributed by atoms with Gasteiger partial charge in [-0.2, -0.15) is 0 Å². The summed E-state index contributed by atoms with van der Waals surface area (Å²) in [4.78, 5) is 15.0. The van der Waals surface area contributed by atoms with Gasteiger partial charge in [0.15, 0.2) is 0 Å². The fraction of sp³-hybridized carbons (Fsp3) is 0.381. The molecule has 2 aromatic rings. The second kappa shape index (κ2) is 8.50. The van der Waals surface area contributed by atoms with E-state index >= 15 is 0 Å². The zero-order valence-corrected chi connectivity index (χ0v) is 15.4. The molecule has 1 amide bonds. The lowest BCUT2D eigenvalue weighted by Gasteiger charge is -2.26. The fourth-order valence-corrected chi connectivity index (χ4v) is 3.62. The van der Waals surface area contributed by atoms with Gasteiger partial charge in [0.05, 0.1) is 6.04 Å².